The van der Waals surface area contributed by atoms with E-state index in [1.165, 1.54) is 0 Å². The largest absolute Gasteiger partial charge is 0.279 e. The number of nitrogens with one attached hydrogen (secondary N) is 1. The van der Waals surface area contributed by atoms with Crippen molar-refractivity contribution < 1.29 is 8.42 Å². The van der Waals surface area contributed by atoms with Crippen molar-refractivity contribution in [3.63, 3.8) is 0 Å². The minimum Gasteiger partial charge on any atom is -0.202 e. The lowest BCUT2D eigenvalue weighted by Crippen LogP contribution is -2.47. The van der Waals surface area contributed by atoms with Crippen molar-refractivity contribution in [2.24, 2.45) is 11.8 Å². The van der Waals surface area contributed by atoms with E-state index in [0.717, 1.165) is 25.7 Å². The highest BCUT2D eigenvalue weighted by Crippen LogP contribution is 2.31. The van der Waals surface area contributed by atoms with Crippen molar-refractivity contribution in [3.05, 3.63) is 0 Å². The molecule has 17 heavy (non-hydrogen) atoms. The Morgan fingerprint density at radius 1 is 1.29 bits per heavy atom. The Bertz CT molecular complexity index is 346. The van der Waals surface area contributed by atoms with Crippen LogP contribution in [0, 0.1) is 11.8 Å². The molecule has 0 aromatic heterocycles. The van der Waals surface area contributed by atoms with Gasteiger partial charge in [0.15, 0.2) is 0 Å². The molecule has 0 bridgehead atoms. The van der Waals surface area contributed by atoms with Crippen molar-refractivity contribution in [1.29, 1.82) is 0 Å². The molecule has 1 saturated carbocycles. The van der Waals surface area contributed by atoms with Gasteiger partial charge in [-0.15, -0.1) is 11.6 Å². The molecule has 1 heterocycles. The molecule has 0 radical (unpaired) electrons. The van der Waals surface area contributed by atoms with E-state index in [1.807, 2.05) is 0 Å². The van der Waals surface area contributed by atoms with E-state index >= 15 is 0 Å². The van der Waals surface area contributed by atoms with Gasteiger partial charge in [0.25, 0.3) is 10.2 Å². The maximum Gasteiger partial charge on any atom is 0.279 e. The van der Waals surface area contributed by atoms with Gasteiger partial charge in [-0.3, -0.25) is 0 Å². The highest BCUT2D eigenvalue weighted by atomic mass is 35.5. The van der Waals surface area contributed by atoms with Crippen LogP contribution in [-0.2, 0) is 10.2 Å². The minimum absolute atomic E-state index is 0.250. The lowest BCUT2D eigenvalue weighted by Gasteiger charge is -2.33. The van der Waals surface area contributed by atoms with Gasteiger partial charge in [-0.05, 0) is 37.5 Å². The van der Waals surface area contributed by atoms with E-state index in [1.54, 1.807) is 4.31 Å². The smallest absolute Gasteiger partial charge is 0.202 e. The SMILES string of the molecule is CC1CCN(S(=O)(=O)NCC2CC(Cl)C2)CC1. The zero-order chi connectivity index (χ0) is 12.5. The summed E-state index contributed by atoms with van der Waals surface area (Å²) in [5.41, 5.74) is 0. The molecule has 0 aromatic rings. The van der Waals surface area contributed by atoms with E-state index in [9.17, 15) is 8.42 Å². The molecule has 2 rings (SSSR count). The molecule has 0 spiro atoms. The Morgan fingerprint density at radius 2 is 1.88 bits per heavy atom. The molecule has 0 unspecified atom stereocenters. The first-order valence-corrected chi connectivity index (χ1v) is 8.24. The Labute approximate surface area is 109 Å². The standard InChI is InChI=1S/C11H21ClN2O2S/c1-9-2-4-14(5-3-9)17(15,16)13-8-10-6-11(12)7-10/h9-11,13H,2-8H2,1H3. The summed E-state index contributed by atoms with van der Waals surface area (Å²) in [7, 11) is -3.26. The maximum absolute atomic E-state index is 12.0. The normalized spacial score (nSPS) is 32.4. The highest BCUT2D eigenvalue weighted by Gasteiger charge is 2.30. The molecular weight excluding hydrogens is 260 g/mol. The number of hydrogen-bond donors (Lipinski definition) is 1. The minimum atomic E-state index is -3.26. The summed E-state index contributed by atoms with van der Waals surface area (Å²) in [4.78, 5) is 0. The Hall–Kier alpha value is 0.160. The zero-order valence-electron chi connectivity index (χ0n) is 10.2. The van der Waals surface area contributed by atoms with E-state index in [4.69, 9.17) is 11.6 Å². The zero-order valence-corrected chi connectivity index (χ0v) is 11.8. The first-order chi connectivity index (χ1) is 7.97. The number of alkyl halides is 1. The van der Waals surface area contributed by atoms with Gasteiger partial charge in [0.05, 0.1) is 0 Å². The second kappa shape index (κ2) is 5.43. The Kier molecular flexibility index (Phi) is 4.34. The number of hydrogen-bond acceptors (Lipinski definition) is 2. The van der Waals surface area contributed by atoms with Gasteiger partial charge in [-0.25, -0.2) is 4.72 Å². The van der Waals surface area contributed by atoms with Crippen LogP contribution in [0.25, 0.3) is 0 Å². The molecule has 100 valence electrons. The topological polar surface area (TPSA) is 49.4 Å². The fourth-order valence-electron chi connectivity index (χ4n) is 2.36. The second-order valence-electron chi connectivity index (χ2n) is 5.37. The van der Waals surface area contributed by atoms with Crippen LogP contribution in [-0.4, -0.2) is 37.7 Å². The third-order valence-corrected chi connectivity index (χ3v) is 5.75. The van der Waals surface area contributed by atoms with E-state index < -0.39 is 10.2 Å². The number of piperidine rings is 1. The molecular formula is C11H21ClN2O2S. The van der Waals surface area contributed by atoms with Gasteiger partial charge in [0.1, 0.15) is 0 Å². The van der Waals surface area contributed by atoms with Crippen LogP contribution < -0.4 is 4.72 Å². The fraction of sp³-hybridized carbons (Fsp3) is 1.00. The molecule has 1 aliphatic carbocycles. The molecule has 6 heteroatoms. The van der Waals surface area contributed by atoms with Gasteiger partial charge < -0.3 is 0 Å². The van der Waals surface area contributed by atoms with E-state index in [2.05, 4.69) is 11.6 Å². The van der Waals surface area contributed by atoms with Crippen molar-refractivity contribution in [1.82, 2.24) is 9.03 Å². The lowest BCUT2D eigenvalue weighted by atomic mass is 9.85. The van der Waals surface area contributed by atoms with Gasteiger partial charge >= 0.3 is 0 Å². The summed E-state index contributed by atoms with van der Waals surface area (Å²) < 4.78 is 28.3. The average Bonchev–Trinajstić information content (AvgIpc) is 2.23. The molecule has 1 aliphatic heterocycles. The molecule has 2 aliphatic rings. The number of nitrogens with zero attached hydrogens (tertiary/aromatic N) is 1. The van der Waals surface area contributed by atoms with Crippen LogP contribution in [0.3, 0.4) is 0 Å². The maximum atomic E-state index is 12.0. The first kappa shape index (κ1) is 13.6. The van der Waals surface area contributed by atoms with Crippen molar-refractivity contribution in [3.8, 4) is 0 Å². The lowest BCUT2D eigenvalue weighted by molar-refractivity contribution is 0.278. The van der Waals surface area contributed by atoms with Crippen LogP contribution in [0.15, 0.2) is 0 Å². The van der Waals surface area contributed by atoms with E-state index in [-0.39, 0.29) is 5.38 Å². The van der Waals surface area contributed by atoms with Crippen LogP contribution in [0.5, 0.6) is 0 Å². The summed E-state index contributed by atoms with van der Waals surface area (Å²) in [6.45, 7) is 4.02. The molecule has 4 nitrogen and oxygen atoms in total. The first-order valence-electron chi connectivity index (χ1n) is 6.36. The van der Waals surface area contributed by atoms with Gasteiger partial charge in [0, 0.05) is 25.0 Å². The second-order valence-corrected chi connectivity index (χ2v) is 7.74. The van der Waals surface area contributed by atoms with Gasteiger partial charge in [-0.2, -0.15) is 12.7 Å². The fourth-order valence-corrected chi connectivity index (χ4v) is 4.19. The van der Waals surface area contributed by atoms with Gasteiger partial charge in [0.2, 0.25) is 0 Å². The highest BCUT2D eigenvalue weighted by molar-refractivity contribution is 7.87. The quantitative estimate of drug-likeness (QED) is 0.795. The van der Waals surface area contributed by atoms with Crippen molar-refractivity contribution in [2.45, 2.75) is 38.0 Å². The average molecular weight is 281 g/mol. The summed E-state index contributed by atoms with van der Waals surface area (Å²) in [5.74, 6) is 1.07. The van der Waals surface area contributed by atoms with Crippen LogP contribution in [0.4, 0.5) is 0 Å². The summed E-state index contributed by atoms with van der Waals surface area (Å²) in [6.07, 6.45) is 3.80. The predicted octanol–water partition coefficient (Wildman–Crippen LogP) is 1.57. The molecule has 0 aromatic carbocycles. The molecule has 2 fully saturated rings. The molecule has 1 saturated heterocycles. The number of rotatable bonds is 4. The monoisotopic (exact) mass is 280 g/mol. The third-order valence-electron chi connectivity index (χ3n) is 3.82. The summed E-state index contributed by atoms with van der Waals surface area (Å²) in [5, 5.41) is 0.250. The summed E-state index contributed by atoms with van der Waals surface area (Å²) >= 11 is 5.87. The van der Waals surface area contributed by atoms with Crippen LogP contribution in [0.1, 0.15) is 32.6 Å². The van der Waals surface area contributed by atoms with E-state index in [0.29, 0.717) is 31.5 Å². The van der Waals surface area contributed by atoms with Crippen LogP contribution in [0.2, 0.25) is 0 Å². The van der Waals surface area contributed by atoms with Crippen molar-refractivity contribution >= 4 is 21.8 Å². The Balaban J connectivity index is 1.78. The van der Waals surface area contributed by atoms with Crippen molar-refractivity contribution in [2.75, 3.05) is 19.6 Å². The Morgan fingerprint density at radius 3 is 2.41 bits per heavy atom. The number of halogens is 1. The third kappa shape index (κ3) is 3.56. The van der Waals surface area contributed by atoms with Gasteiger partial charge in [-0.1, -0.05) is 6.92 Å². The summed E-state index contributed by atoms with van der Waals surface area (Å²) in [6, 6.07) is 0. The predicted molar refractivity (Wildman–Crippen MR) is 69.3 cm³/mol. The molecule has 0 atom stereocenters. The molecule has 0 amide bonds. The van der Waals surface area contributed by atoms with Crippen LogP contribution >= 0.6 is 11.6 Å². The molecule has 1 N–H and O–H groups in total.